The van der Waals surface area contributed by atoms with Crippen LogP contribution < -0.4 is 21.9 Å². The summed E-state index contributed by atoms with van der Waals surface area (Å²) in [5.74, 6) is 0.438. The minimum Gasteiger partial charge on any atom is -0.391 e. The van der Waals surface area contributed by atoms with Gasteiger partial charge in [0.25, 0.3) is 5.56 Å². The molecular formula is C14H24N4O3. The predicted octanol–water partition coefficient (Wildman–Crippen LogP) is -0.254. The van der Waals surface area contributed by atoms with Crippen LogP contribution in [-0.4, -0.2) is 33.4 Å². The number of β-amino-alcohol motifs (C(OH)–C–C–N with tert-alkyl or cyclic N) is 1. The van der Waals surface area contributed by atoms with Gasteiger partial charge in [-0.1, -0.05) is 13.8 Å². The van der Waals surface area contributed by atoms with Gasteiger partial charge in [-0.15, -0.1) is 0 Å². The lowest BCUT2D eigenvalue weighted by atomic mass is 10.1. The first-order valence-electron chi connectivity index (χ1n) is 7.35. The number of piperidine rings is 1. The molecule has 1 fully saturated rings. The van der Waals surface area contributed by atoms with Crippen molar-refractivity contribution in [2.24, 2.45) is 13.0 Å². The van der Waals surface area contributed by atoms with Gasteiger partial charge in [-0.25, -0.2) is 4.79 Å². The molecular weight excluding hydrogens is 272 g/mol. The van der Waals surface area contributed by atoms with Gasteiger partial charge in [0.05, 0.1) is 6.10 Å². The first-order valence-corrected chi connectivity index (χ1v) is 7.35. The highest BCUT2D eigenvalue weighted by Gasteiger charge is 2.25. The molecule has 0 bridgehead atoms. The summed E-state index contributed by atoms with van der Waals surface area (Å²) >= 11 is 0. The molecule has 0 amide bonds. The van der Waals surface area contributed by atoms with Gasteiger partial charge in [0.15, 0.2) is 0 Å². The minimum absolute atomic E-state index is 0.200. The van der Waals surface area contributed by atoms with Crippen LogP contribution in [0.3, 0.4) is 0 Å². The number of nitrogens with zero attached hydrogens (tertiary/aromatic N) is 3. The van der Waals surface area contributed by atoms with E-state index in [1.54, 1.807) is 4.90 Å². The van der Waals surface area contributed by atoms with Gasteiger partial charge in [0.2, 0.25) is 0 Å². The zero-order chi connectivity index (χ0) is 15.7. The van der Waals surface area contributed by atoms with E-state index >= 15 is 0 Å². The Kier molecular flexibility index (Phi) is 4.41. The fraction of sp³-hybridized carbons (Fsp3) is 0.714. The first kappa shape index (κ1) is 15.6. The molecule has 118 valence electrons. The first-order chi connectivity index (χ1) is 9.82. The summed E-state index contributed by atoms with van der Waals surface area (Å²) in [5, 5.41) is 9.80. The van der Waals surface area contributed by atoms with E-state index < -0.39 is 17.4 Å². The highest BCUT2D eigenvalue weighted by atomic mass is 16.3. The molecule has 1 aliphatic heterocycles. The summed E-state index contributed by atoms with van der Waals surface area (Å²) in [6.07, 6.45) is 1.06. The molecule has 0 saturated carbocycles. The van der Waals surface area contributed by atoms with Gasteiger partial charge < -0.3 is 15.7 Å². The number of nitrogen functional groups attached to an aromatic ring is 1. The van der Waals surface area contributed by atoms with Crippen LogP contribution in [0.15, 0.2) is 9.59 Å². The second kappa shape index (κ2) is 5.93. The standard InChI is InChI=1S/C14H24N4O3/c1-9(2)7-18-12(15)11(13(20)16(3)14(18)21)17-6-4-5-10(19)8-17/h9-10,19H,4-8,15H2,1-3H3/t10-/m0/s1. The van der Waals surface area contributed by atoms with E-state index in [4.69, 9.17) is 5.73 Å². The van der Waals surface area contributed by atoms with E-state index in [0.717, 1.165) is 17.4 Å². The summed E-state index contributed by atoms with van der Waals surface area (Å²) in [7, 11) is 1.46. The summed E-state index contributed by atoms with van der Waals surface area (Å²) in [4.78, 5) is 26.4. The van der Waals surface area contributed by atoms with Crippen molar-refractivity contribution >= 4 is 11.5 Å². The normalized spacial score (nSPS) is 19.3. The third kappa shape index (κ3) is 2.97. The zero-order valence-electron chi connectivity index (χ0n) is 12.9. The van der Waals surface area contributed by atoms with E-state index in [1.807, 2.05) is 13.8 Å². The van der Waals surface area contributed by atoms with Crippen LogP contribution in [-0.2, 0) is 13.6 Å². The topological polar surface area (TPSA) is 93.5 Å². The Hall–Kier alpha value is -1.76. The quantitative estimate of drug-likeness (QED) is 0.802. The van der Waals surface area contributed by atoms with Crippen LogP contribution in [0.2, 0.25) is 0 Å². The van der Waals surface area contributed by atoms with Crippen molar-refractivity contribution in [3.05, 3.63) is 20.8 Å². The molecule has 1 aliphatic rings. The van der Waals surface area contributed by atoms with E-state index in [0.29, 0.717) is 25.3 Å². The maximum Gasteiger partial charge on any atom is 0.332 e. The average molecular weight is 296 g/mol. The van der Waals surface area contributed by atoms with Crippen molar-refractivity contribution in [2.75, 3.05) is 23.7 Å². The lowest BCUT2D eigenvalue weighted by Gasteiger charge is -2.32. The lowest BCUT2D eigenvalue weighted by molar-refractivity contribution is 0.154. The van der Waals surface area contributed by atoms with Gasteiger partial charge in [-0.05, 0) is 18.8 Å². The summed E-state index contributed by atoms with van der Waals surface area (Å²) < 4.78 is 2.54. The van der Waals surface area contributed by atoms with Gasteiger partial charge >= 0.3 is 5.69 Å². The zero-order valence-corrected chi connectivity index (χ0v) is 12.9. The highest BCUT2D eigenvalue weighted by Crippen LogP contribution is 2.22. The van der Waals surface area contributed by atoms with Crippen molar-refractivity contribution in [1.82, 2.24) is 9.13 Å². The van der Waals surface area contributed by atoms with E-state index in [-0.39, 0.29) is 11.7 Å². The minimum atomic E-state index is -0.465. The van der Waals surface area contributed by atoms with Crippen LogP contribution in [0.5, 0.6) is 0 Å². The molecule has 1 aromatic heterocycles. The van der Waals surface area contributed by atoms with Crippen molar-refractivity contribution < 1.29 is 5.11 Å². The van der Waals surface area contributed by atoms with Crippen LogP contribution in [0.1, 0.15) is 26.7 Å². The van der Waals surface area contributed by atoms with Crippen LogP contribution in [0, 0.1) is 5.92 Å². The Balaban J connectivity index is 2.57. The molecule has 1 aromatic rings. The molecule has 0 spiro atoms. The van der Waals surface area contributed by atoms with Gasteiger partial charge in [-0.2, -0.15) is 0 Å². The third-order valence-electron chi connectivity index (χ3n) is 3.82. The molecule has 1 saturated heterocycles. The molecule has 2 heterocycles. The Labute approximate surface area is 123 Å². The van der Waals surface area contributed by atoms with Crippen LogP contribution in [0.25, 0.3) is 0 Å². The van der Waals surface area contributed by atoms with Gasteiger partial charge in [0.1, 0.15) is 11.5 Å². The van der Waals surface area contributed by atoms with Crippen LogP contribution >= 0.6 is 0 Å². The molecule has 21 heavy (non-hydrogen) atoms. The molecule has 0 unspecified atom stereocenters. The molecule has 1 atom stereocenters. The SMILES string of the molecule is CC(C)Cn1c(N)c(N2CCC[C@H](O)C2)c(=O)n(C)c1=O. The third-order valence-corrected chi connectivity index (χ3v) is 3.82. The molecule has 7 heteroatoms. The summed E-state index contributed by atoms with van der Waals surface area (Å²) in [6, 6.07) is 0. The van der Waals surface area contributed by atoms with E-state index in [2.05, 4.69) is 0 Å². The number of hydrogen-bond acceptors (Lipinski definition) is 5. The Morgan fingerprint density at radius 3 is 2.62 bits per heavy atom. The van der Waals surface area contributed by atoms with E-state index in [1.165, 1.54) is 11.6 Å². The largest absolute Gasteiger partial charge is 0.391 e. The lowest BCUT2D eigenvalue weighted by Crippen LogP contribution is -2.47. The molecule has 3 N–H and O–H groups in total. The van der Waals surface area contributed by atoms with Crippen molar-refractivity contribution in [2.45, 2.75) is 39.3 Å². The highest BCUT2D eigenvalue weighted by molar-refractivity contribution is 5.63. The Bertz CT molecular complexity index is 632. The second-order valence-electron chi connectivity index (χ2n) is 6.13. The second-order valence-corrected chi connectivity index (χ2v) is 6.13. The number of aliphatic hydroxyl groups excluding tert-OH is 1. The van der Waals surface area contributed by atoms with Gasteiger partial charge in [-0.3, -0.25) is 13.9 Å². The van der Waals surface area contributed by atoms with Crippen molar-refractivity contribution in [3.8, 4) is 0 Å². The maximum atomic E-state index is 12.4. The number of rotatable bonds is 3. The molecule has 7 nitrogen and oxygen atoms in total. The number of hydrogen-bond donors (Lipinski definition) is 2. The fourth-order valence-electron chi connectivity index (χ4n) is 2.76. The van der Waals surface area contributed by atoms with Crippen molar-refractivity contribution in [3.63, 3.8) is 0 Å². The molecule has 2 rings (SSSR count). The average Bonchev–Trinajstić information content (AvgIpc) is 2.41. The monoisotopic (exact) mass is 296 g/mol. The van der Waals surface area contributed by atoms with Gasteiger partial charge in [0, 0.05) is 26.7 Å². The van der Waals surface area contributed by atoms with E-state index in [9.17, 15) is 14.7 Å². The summed E-state index contributed by atoms with van der Waals surface area (Å²) in [6.45, 7) is 5.47. The van der Waals surface area contributed by atoms with Crippen LogP contribution in [0.4, 0.5) is 11.5 Å². The van der Waals surface area contributed by atoms with Crippen molar-refractivity contribution in [1.29, 1.82) is 0 Å². The fourth-order valence-corrected chi connectivity index (χ4v) is 2.76. The number of anilines is 2. The number of aliphatic hydroxyl groups is 1. The number of nitrogens with two attached hydrogens (primary N) is 1. The molecule has 0 aliphatic carbocycles. The Morgan fingerprint density at radius 1 is 1.38 bits per heavy atom. The Morgan fingerprint density at radius 2 is 2.05 bits per heavy atom. The molecule has 0 aromatic carbocycles. The smallest absolute Gasteiger partial charge is 0.332 e. The summed E-state index contributed by atoms with van der Waals surface area (Å²) in [5.41, 5.74) is 5.64. The molecule has 0 radical (unpaired) electrons. The number of aromatic nitrogens is 2. The predicted molar refractivity (Wildman–Crippen MR) is 82.6 cm³/mol. The maximum absolute atomic E-state index is 12.4.